The van der Waals surface area contributed by atoms with Crippen LogP contribution in [0, 0.1) is 6.92 Å². The third-order valence-corrected chi connectivity index (χ3v) is 4.40. The number of nitrogens with one attached hydrogen (secondary N) is 2. The fraction of sp³-hybridized carbons (Fsp3) is 0.333. The SMILES string of the molecule is Cc1nc2c(c(NCc3ccccc3-n3cncn3)n1)CCNCC2. The molecule has 0 bridgehead atoms. The Morgan fingerprint density at radius 2 is 2.04 bits per heavy atom. The van der Waals surface area contributed by atoms with Gasteiger partial charge in [-0.2, -0.15) is 5.10 Å². The van der Waals surface area contributed by atoms with Gasteiger partial charge in [0.05, 0.1) is 11.4 Å². The van der Waals surface area contributed by atoms with Crippen LogP contribution in [0.5, 0.6) is 0 Å². The van der Waals surface area contributed by atoms with Gasteiger partial charge in [0.15, 0.2) is 0 Å². The van der Waals surface area contributed by atoms with Gasteiger partial charge in [0, 0.05) is 25.1 Å². The number of fused-ring (bicyclic) bond motifs is 1. The van der Waals surface area contributed by atoms with Gasteiger partial charge in [0.2, 0.25) is 0 Å². The summed E-state index contributed by atoms with van der Waals surface area (Å²) >= 11 is 0. The molecule has 1 aliphatic heterocycles. The number of para-hydroxylation sites is 1. The first-order valence-corrected chi connectivity index (χ1v) is 8.55. The molecule has 4 rings (SSSR count). The zero-order chi connectivity index (χ0) is 17.1. The van der Waals surface area contributed by atoms with E-state index in [0.29, 0.717) is 6.54 Å². The predicted octanol–water partition coefficient (Wildman–Crippen LogP) is 1.67. The highest BCUT2D eigenvalue weighted by Gasteiger charge is 2.16. The van der Waals surface area contributed by atoms with E-state index in [2.05, 4.69) is 36.8 Å². The topological polar surface area (TPSA) is 80.6 Å². The molecule has 7 nitrogen and oxygen atoms in total. The number of benzene rings is 1. The van der Waals surface area contributed by atoms with Gasteiger partial charge < -0.3 is 10.6 Å². The molecule has 25 heavy (non-hydrogen) atoms. The normalized spacial score (nSPS) is 14.0. The number of nitrogens with zero attached hydrogens (tertiary/aromatic N) is 5. The van der Waals surface area contributed by atoms with E-state index >= 15 is 0 Å². The summed E-state index contributed by atoms with van der Waals surface area (Å²) in [6.07, 6.45) is 5.15. The van der Waals surface area contributed by atoms with Crippen molar-refractivity contribution in [1.29, 1.82) is 0 Å². The summed E-state index contributed by atoms with van der Waals surface area (Å²) < 4.78 is 1.78. The van der Waals surface area contributed by atoms with Crippen LogP contribution in [0.25, 0.3) is 5.69 Å². The Bertz CT molecular complexity index is 858. The maximum absolute atomic E-state index is 4.65. The van der Waals surface area contributed by atoms with Crippen LogP contribution in [0.1, 0.15) is 22.6 Å². The molecule has 0 saturated carbocycles. The quantitative estimate of drug-likeness (QED) is 0.755. The Balaban J connectivity index is 1.62. The van der Waals surface area contributed by atoms with E-state index in [4.69, 9.17) is 0 Å². The smallest absolute Gasteiger partial charge is 0.138 e. The fourth-order valence-electron chi connectivity index (χ4n) is 3.21. The molecule has 0 radical (unpaired) electrons. The van der Waals surface area contributed by atoms with E-state index in [1.807, 2.05) is 25.1 Å². The maximum atomic E-state index is 4.65. The van der Waals surface area contributed by atoms with Gasteiger partial charge >= 0.3 is 0 Å². The largest absolute Gasteiger partial charge is 0.366 e. The lowest BCUT2D eigenvalue weighted by atomic mass is 10.1. The van der Waals surface area contributed by atoms with Crippen LogP contribution >= 0.6 is 0 Å². The minimum absolute atomic E-state index is 0.673. The van der Waals surface area contributed by atoms with E-state index in [9.17, 15) is 0 Å². The highest BCUT2D eigenvalue weighted by molar-refractivity contribution is 5.50. The van der Waals surface area contributed by atoms with Gasteiger partial charge in [-0.1, -0.05) is 18.2 Å². The average molecular weight is 335 g/mol. The lowest BCUT2D eigenvalue weighted by Crippen LogP contribution is -2.16. The second-order valence-corrected chi connectivity index (χ2v) is 6.12. The number of aryl methyl sites for hydroxylation is 1. The van der Waals surface area contributed by atoms with E-state index in [1.165, 1.54) is 5.56 Å². The molecular formula is C18H21N7. The molecule has 1 aliphatic rings. The zero-order valence-electron chi connectivity index (χ0n) is 14.2. The van der Waals surface area contributed by atoms with Crippen molar-refractivity contribution in [1.82, 2.24) is 30.0 Å². The van der Waals surface area contributed by atoms with Crippen molar-refractivity contribution in [3.05, 3.63) is 59.6 Å². The molecule has 0 fully saturated rings. The standard InChI is InChI=1S/C18H21N7/c1-13-23-16-7-9-19-8-6-15(16)18(24-13)21-10-14-4-2-3-5-17(14)25-12-20-11-22-25/h2-5,11-12,19H,6-10H2,1H3,(H,21,23,24). The number of hydrogen-bond donors (Lipinski definition) is 2. The highest BCUT2D eigenvalue weighted by atomic mass is 15.3. The van der Waals surface area contributed by atoms with Crippen molar-refractivity contribution >= 4 is 5.82 Å². The van der Waals surface area contributed by atoms with Gasteiger partial charge in [-0.15, -0.1) is 0 Å². The molecule has 0 amide bonds. The van der Waals surface area contributed by atoms with Crippen molar-refractivity contribution < 1.29 is 0 Å². The maximum Gasteiger partial charge on any atom is 0.138 e. The molecule has 0 unspecified atom stereocenters. The first-order chi connectivity index (χ1) is 12.3. The molecule has 1 aromatic carbocycles. The number of hydrogen-bond acceptors (Lipinski definition) is 6. The molecule has 2 N–H and O–H groups in total. The highest BCUT2D eigenvalue weighted by Crippen LogP contribution is 2.21. The lowest BCUT2D eigenvalue weighted by molar-refractivity contribution is 0.708. The molecule has 7 heteroatoms. The Morgan fingerprint density at radius 3 is 2.92 bits per heavy atom. The van der Waals surface area contributed by atoms with Gasteiger partial charge in [-0.3, -0.25) is 0 Å². The van der Waals surface area contributed by atoms with Gasteiger partial charge in [-0.05, 0) is 31.5 Å². The molecule has 0 spiro atoms. The second kappa shape index (κ2) is 6.98. The summed E-state index contributed by atoms with van der Waals surface area (Å²) in [5.74, 6) is 1.76. The monoisotopic (exact) mass is 335 g/mol. The van der Waals surface area contributed by atoms with Gasteiger partial charge in [0.25, 0.3) is 0 Å². The molecule has 3 aromatic rings. The first kappa shape index (κ1) is 15.7. The Hall–Kier alpha value is -2.80. The van der Waals surface area contributed by atoms with Crippen LogP contribution in [0.2, 0.25) is 0 Å². The summed E-state index contributed by atoms with van der Waals surface area (Å²) in [5, 5.41) is 11.2. The van der Waals surface area contributed by atoms with E-state index < -0.39 is 0 Å². The average Bonchev–Trinajstić information content (AvgIpc) is 3.06. The van der Waals surface area contributed by atoms with Crippen LogP contribution in [0.4, 0.5) is 5.82 Å². The predicted molar refractivity (Wildman–Crippen MR) is 95.7 cm³/mol. The van der Waals surface area contributed by atoms with E-state index in [0.717, 1.165) is 54.5 Å². The van der Waals surface area contributed by atoms with Crippen molar-refractivity contribution in [3.8, 4) is 5.69 Å². The van der Waals surface area contributed by atoms with Crippen molar-refractivity contribution in [2.75, 3.05) is 18.4 Å². The van der Waals surface area contributed by atoms with Gasteiger partial charge in [0.1, 0.15) is 24.3 Å². The molecule has 0 aliphatic carbocycles. The Kier molecular flexibility index (Phi) is 4.39. The summed E-state index contributed by atoms with van der Waals surface area (Å²) in [6.45, 7) is 4.56. The molecule has 0 saturated heterocycles. The van der Waals surface area contributed by atoms with E-state index in [-0.39, 0.29) is 0 Å². The molecule has 0 atom stereocenters. The summed E-state index contributed by atoms with van der Waals surface area (Å²) in [5.41, 5.74) is 4.55. The third-order valence-electron chi connectivity index (χ3n) is 4.40. The molecule has 128 valence electrons. The molecular weight excluding hydrogens is 314 g/mol. The Morgan fingerprint density at radius 1 is 1.16 bits per heavy atom. The lowest BCUT2D eigenvalue weighted by Gasteiger charge is -2.15. The first-order valence-electron chi connectivity index (χ1n) is 8.55. The van der Waals surface area contributed by atoms with Crippen LogP contribution in [-0.2, 0) is 19.4 Å². The zero-order valence-corrected chi connectivity index (χ0v) is 14.2. The second-order valence-electron chi connectivity index (χ2n) is 6.12. The minimum atomic E-state index is 0.673. The third kappa shape index (κ3) is 3.36. The number of anilines is 1. The van der Waals surface area contributed by atoms with Gasteiger partial charge in [-0.25, -0.2) is 19.6 Å². The number of aromatic nitrogens is 5. The van der Waals surface area contributed by atoms with Crippen LogP contribution in [0.3, 0.4) is 0 Å². The van der Waals surface area contributed by atoms with Crippen molar-refractivity contribution in [2.24, 2.45) is 0 Å². The van der Waals surface area contributed by atoms with Crippen LogP contribution in [-0.4, -0.2) is 37.8 Å². The van der Waals surface area contributed by atoms with Crippen molar-refractivity contribution in [2.45, 2.75) is 26.3 Å². The minimum Gasteiger partial charge on any atom is -0.366 e. The van der Waals surface area contributed by atoms with Crippen molar-refractivity contribution in [3.63, 3.8) is 0 Å². The van der Waals surface area contributed by atoms with Crippen LogP contribution in [0.15, 0.2) is 36.9 Å². The molecule has 3 heterocycles. The summed E-state index contributed by atoms with van der Waals surface area (Å²) in [6, 6.07) is 8.18. The van der Waals surface area contributed by atoms with E-state index in [1.54, 1.807) is 17.3 Å². The molecule has 2 aromatic heterocycles. The Labute approximate surface area is 146 Å². The summed E-state index contributed by atoms with van der Waals surface area (Å²) in [7, 11) is 0. The van der Waals surface area contributed by atoms with Crippen LogP contribution < -0.4 is 10.6 Å². The summed E-state index contributed by atoms with van der Waals surface area (Å²) in [4.78, 5) is 13.3. The number of rotatable bonds is 4. The fourth-order valence-corrected chi connectivity index (χ4v) is 3.21.